The Morgan fingerprint density at radius 2 is 1.53 bits per heavy atom. The van der Waals surface area contributed by atoms with Gasteiger partial charge in [0.05, 0.1) is 0 Å². The maximum Gasteiger partial charge on any atom is 0.240 e. The first kappa shape index (κ1) is 12.1. The molecular weight excluding hydrogens is 196 g/mol. The Labute approximate surface area is 89.3 Å². The van der Waals surface area contributed by atoms with Crippen molar-refractivity contribution in [1.82, 2.24) is 0 Å². The number of halogens is 2. The summed E-state index contributed by atoms with van der Waals surface area (Å²) < 4.78 is 24.2. The van der Waals surface area contributed by atoms with E-state index in [1.165, 1.54) is 5.56 Å². The van der Waals surface area contributed by atoms with Gasteiger partial charge in [0, 0.05) is 12.5 Å². The van der Waals surface area contributed by atoms with Crippen LogP contribution in [0.25, 0.3) is 0 Å². The van der Waals surface area contributed by atoms with E-state index in [2.05, 4.69) is 13.8 Å². The molecule has 0 aromatic heterocycles. The molecule has 1 rings (SSSR count). The van der Waals surface area contributed by atoms with Crippen LogP contribution < -0.4 is 5.73 Å². The Bertz CT molecular complexity index is 293. The summed E-state index contributed by atoms with van der Waals surface area (Å²) in [7, 11) is 0. The molecule has 0 bridgehead atoms. The second-order valence-electron chi connectivity index (χ2n) is 4.05. The summed E-state index contributed by atoms with van der Waals surface area (Å²) in [4.78, 5) is 0. The molecule has 3 heteroatoms. The number of rotatable bonds is 4. The van der Waals surface area contributed by atoms with E-state index in [9.17, 15) is 8.78 Å². The quantitative estimate of drug-likeness (QED) is 0.814. The predicted octanol–water partition coefficient (Wildman–Crippen LogP) is 3.47. The van der Waals surface area contributed by atoms with Gasteiger partial charge in [-0.25, -0.2) is 8.78 Å². The second-order valence-corrected chi connectivity index (χ2v) is 4.05. The molecule has 0 unspecified atom stereocenters. The van der Waals surface area contributed by atoms with E-state index in [1.54, 1.807) is 0 Å². The van der Waals surface area contributed by atoms with Crippen molar-refractivity contribution in [2.24, 2.45) is 5.73 Å². The monoisotopic (exact) mass is 213 g/mol. The highest BCUT2D eigenvalue weighted by atomic mass is 19.3. The third kappa shape index (κ3) is 3.59. The molecule has 0 amide bonds. The highest BCUT2D eigenvalue weighted by molar-refractivity contribution is 5.26. The van der Waals surface area contributed by atoms with Gasteiger partial charge in [-0.3, -0.25) is 0 Å². The molecule has 15 heavy (non-hydrogen) atoms. The molecule has 0 aliphatic carbocycles. The van der Waals surface area contributed by atoms with Gasteiger partial charge in [0.2, 0.25) is 6.43 Å². The highest BCUT2D eigenvalue weighted by Gasteiger charge is 2.12. The van der Waals surface area contributed by atoms with Crippen molar-refractivity contribution in [2.45, 2.75) is 38.7 Å². The molecule has 0 spiro atoms. The van der Waals surface area contributed by atoms with Gasteiger partial charge in [-0.15, -0.1) is 0 Å². The first-order chi connectivity index (χ1) is 7.00. The van der Waals surface area contributed by atoms with E-state index in [0.717, 1.165) is 5.56 Å². The van der Waals surface area contributed by atoms with Crippen LogP contribution >= 0.6 is 0 Å². The Morgan fingerprint density at radius 3 is 1.93 bits per heavy atom. The second kappa shape index (κ2) is 5.21. The number of hydrogen-bond acceptors (Lipinski definition) is 1. The summed E-state index contributed by atoms with van der Waals surface area (Å²) in [6, 6.07) is 7.01. The molecule has 0 saturated heterocycles. The van der Waals surface area contributed by atoms with Gasteiger partial charge in [-0.1, -0.05) is 38.1 Å². The molecule has 0 saturated carbocycles. The van der Waals surface area contributed by atoms with Crippen molar-refractivity contribution in [3.63, 3.8) is 0 Å². The predicted molar refractivity (Wildman–Crippen MR) is 58.1 cm³/mol. The van der Waals surface area contributed by atoms with Crippen molar-refractivity contribution < 1.29 is 8.78 Å². The number of hydrogen-bond donors (Lipinski definition) is 1. The standard InChI is InChI=1S/C12H17F2N/c1-8(2)9-3-5-10(6-4-9)11(15)7-12(13)14/h3-6,8,11-12H,7,15H2,1-2H3/t11-/m1/s1. The number of benzene rings is 1. The van der Waals surface area contributed by atoms with E-state index in [4.69, 9.17) is 5.73 Å². The van der Waals surface area contributed by atoms with Crippen molar-refractivity contribution in [3.8, 4) is 0 Å². The van der Waals surface area contributed by atoms with Crippen molar-refractivity contribution in [1.29, 1.82) is 0 Å². The fourth-order valence-corrected chi connectivity index (χ4v) is 1.46. The zero-order chi connectivity index (χ0) is 11.4. The molecule has 1 nitrogen and oxygen atoms in total. The molecular formula is C12H17F2N. The first-order valence-electron chi connectivity index (χ1n) is 5.14. The van der Waals surface area contributed by atoms with Crippen molar-refractivity contribution in [3.05, 3.63) is 35.4 Å². The zero-order valence-electron chi connectivity index (χ0n) is 9.08. The molecule has 0 aliphatic heterocycles. The summed E-state index contributed by atoms with van der Waals surface area (Å²) in [6.07, 6.45) is -2.62. The maximum absolute atomic E-state index is 12.1. The van der Waals surface area contributed by atoms with Gasteiger partial charge in [0.25, 0.3) is 0 Å². The minimum absolute atomic E-state index is 0.277. The Morgan fingerprint density at radius 1 is 1.07 bits per heavy atom. The van der Waals surface area contributed by atoms with E-state index in [1.807, 2.05) is 24.3 Å². The third-order valence-corrected chi connectivity index (χ3v) is 2.46. The van der Waals surface area contributed by atoms with Gasteiger partial charge in [0.15, 0.2) is 0 Å². The fourth-order valence-electron chi connectivity index (χ4n) is 1.46. The van der Waals surface area contributed by atoms with Gasteiger partial charge in [-0.05, 0) is 17.0 Å². The minimum Gasteiger partial charge on any atom is -0.324 e. The van der Waals surface area contributed by atoms with Crippen LogP contribution in [-0.2, 0) is 0 Å². The van der Waals surface area contributed by atoms with Gasteiger partial charge in [-0.2, -0.15) is 0 Å². The molecule has 84 valence electrons. The zero-order valence-corrected chi connectivity index (χ0v) is 9.08. The normalized spacial score (nSPS) is 13.5. The SMILES string of the molecule is CC(C)c1ccc([C@H](N)CC(F)F)cc1. The van der Waals surface area contributed by atoms with Crippen LogP contribution in [0.3, 0.4) is 0 Å². The molecule has 0 heterocycles. The summed E-state index contributed by atoms with van der Waals surface area (Å²) in [5, 5.41) is 0. The number of alkyl halides is 2. The van der Waals surface area contributed by atoms with E-state index in [-0.39, 0.29) is 6.42 Å². The van der Waals surface area contributed by atoms with E-state index in [0.29, 0.717) is 5.92 Å². The van der Waals surface area contributed by atoms with Crippen molar-refractivity contribution in [2.75, 3.05) is 0 Å². The highest BCUT2D eigenvalue weighted by Crippen LogP contribution is 2.21. The van der Waals surface area contributed by atoms with Gasteiger partial charge < -0.3 is 5.73 Å². The fraction of sp³-hybridized carbons (Fsp3) is 0.500. The van der Waals surface area contributed by atoms with Crippen LogP contribution in [0.1, 0.15) is 43.4 Å². The smallest absolute Gasteiger partial charge is 0.240 e. The lowest BCUT2D eigenvalue weighted by molar-refractivity contribution is 0.128. The molecule has 1 aromatic carbocycles. The topological polar surface area (TPSA) is 26.0 Å². The summed E-state index contributed by atoms with van der Waals surface area (Å²) in [5.41, 5.74) is 7.62. The average molecular weight is 213 g/mol. The lowest BCUT2D eigenvalue weighted by Gasteiger charge is -2.12. The van der Waals surface area contributed by atoms with Crippen LogP contribution in [0.2, 0.25) is 0 Å². The minimum atomic E-state index is -2.34. The van der Waals surface area contributed by atoms with Crippen molar-refractivity contribution >= 4 is 0 Å². The van der Waals surface area contributed by atoms with Crippen LogP contribution in [0.15, 0.2) is 24.3 Å². The van der Waals surface area contributed by atoms with Crippen LogP contribution in [0.4, 0.5) is 8.78 Å². The summed E-state index contributed by atoms with van der Waals surface area (Å²) >= 11 is 0. The lowest BCUT2D eigenvalue weighted by Crippen LogP contribution is -2.13. The Balaban J connectivity index is 2.71. The molecule has 0 radical (unpaired) electrons. The van der Waals surface area contributed by atoms with Gasteiger partial charge >= 0.3 is 0 Å². The van der Waals surface area contributed by atoms with Crippen LogP contribution in [0, 0.1) is 0 Å². The largest absolute Gasteiger partial charge is 0.324 e. The molecule has 2 N–H and O–H groups in total. The lowest BCUT2D eigenvalue weighted by atomic mass is 9.98. The van der Waals surface area contributed by atoms with Gasteiger partial charge in [0.1, 0.15) is 0 Å². The Kier molecular flexibility index (Phi) is 4.21. The maximum atomic E-state index is 12.1. The summed E-state index contributed by atoms with van der Waals surface area (Å²) in [5.74, 6) is 0.449. The van der Waals surface area contributed by atoms with E-state index >= 15 is 0 Å². The van der Waals surface area contributed by atoms with Crippen LogP contribution in [-0.4, -0.2) is 6.43 Å². The van der Waals surface area contributed by atoms with E-state index < -0.39 is 12.5 Å². The third-order valence-electron chi connectivity index (χ3n) is 2.46. The molecule has 1 aromatic rings. The summed E-state index contributed by atoms with van der Waals surface area (Å²) in [6.45, 7) is 4.18. The Hall–Kier alpha value is -0.960. The molecule has 0 fully saturated rings. The first-order valence-corrected chi connectivity index (χ1v) is 5.14. The number of nitrogens with two attached hydrogens (primary N) is 1. The average Bonchev–Trinajstić information content (AvgIpc) is 2.17. The molecule has 0 aliphatic rings. The molecule has 1 atom stereocenters. The van der Waals surface area contributed by atoms with Crippen LogP contribution in [0.5, 0.6) is 0 Å².